The van der Waals surface area contributed by atoms with Crippen molar-refractivity contribution in [3.63, 3.8) is 0 Å². The van der Waals surface area contributed by atoms with Crippen molar-refractivity contribution < 1.29 is 9.59 Å². The molecular weight excluding hydrogens is 180 g/mol. The molecule has 0 aromatic heterocycles. The summed E-state index contributed by atoms with van der Waals surface area (Å²) in [6.07, 6.45) is 0.760. The van der Waals surface area contributed by atoms with Gasteiger partial charge in [-0.15, -0.1) is 0 Å². The zero-order valence-electron chi connectivity index (χ0n) is 7.91. The monoisotopic (exact) mass is 192 g/mol. The van der Waals surface area contributed by atoms with Gasteiger partial charge in [-0.1, -0.05) is 0 Å². The summed E-state index contributed by atoms with van der Waals surface area (Å²) in [6.45, 7) is 2.42. The molecule has 1 aromatic carbocycles. The lowest BCUT2D eigenvalue weighted by Crippen LogP contribution is -2.28. The average molecular weight is 192 g/mol. The molecule has 0 aliphatic carbocycles. The number of carbonyl (C=O) groups is 2. The van der Waals surface area contributed by atoms with Gasteiger partial charge >= 0.3 is 6.03 Å². The second kappa shape index (κ2) is 5.01. The van der Waals surface area contributed by atoms with Crippen LogP contribution >= 0.6 is 0 Å². The Balaban J connectivity index is 2.59. The SMILES string of the molecule is CCNC(=O)Nc1ccc(C=O)cc1. The molecule has 1 aromatic rings. The molecule has 0 unspecified atom stereocenters. The van der Waals surface area contributed by atoms with Gasteiger partial charge in [0.05, 0.1) is 0 Å². The van der Waals surface area contributed by atoms with Gasteiger partial charge in [0.15, 0.2) is 0 Å². The summed E-state index contributed by atoms with van der Waals surface area (Å²) < 4.78 is 0. The van der Waals surface area contributed by atoms with E-state index >= 15 is 0 Å². The van der Waals surface area contributed by atoms with Crippen molar-refractivity contribution in [3.8, 4) is 0 Å². The first-order chi connectivity index (χ1) is 6.76. The molecule has 0 saturated heterocycles. The Morgan fingerprint density at radius 1 is 1.36 bits per heavy atom. The van der Waals surface area contributed by atoms with E-state index in [-0.39, 0.29) is 6.03 Å². The number of aldehydes is 1. The molecule has 2 N–H and O–H groups in total. The van der Waals surface area contributed by atoms with Crippen LogP contribution in [0, 0.1) is 0 Å². The first kappa shape index (κ1) is 10.2. The van der Waals surface area contributed by atoms with Crippen LogP contribution in [0.5, 0.6) is 0 Å². The van der Waals surface area contributed by atoms with Gasteiger partial charge in [-0.2, -0.15) is 0 Å². The van der Waals surface area contributed by atoms with Gasteiger partial charge in [0.1, 0.15) is 6.29 Å². The number of amides is 2. The largest absolute Gasteiger partial charge is 0.338 e. The summed E-state index contributed by atoms with van der Waals surface area (Å²) in [4.78, 5) is 21.4. The van der Waals surface area contributed by atoms with E-state index < -0.39 is 0 Å². The average Bonchev–Trinajstić information content (AvgIpc) is 2.19. The smallest absolute Gasteiger partial charge is 0.319 e. The lowest BCUT2D eigenvalue weighted by atomic mass is 10.2. The number of nitrogens with one attached hydrogen (secondary N) is 2. The standard InChI is InChI=1S/C10H12N2O2/c1-2-11-10(14)12-9-5-3-8(7-13)4-6-9/h3-7H,2H2,1H3,(H2,11,12,14). The Hall–Kier alpha value is -1.84. The molecule has 14 heavy (non-hydrogen) atoms. The number of hydrogen-bond acceptors (Lipinski definition) is 2. The Kier molecular flexibility index (Phi) is 3.67. The normalized spacial score (nSPS) is 9.21. The van der Waals surface area contributed by atoms with Gasteiger partial charge in [0, 0.05) is 17.8 Å². The third-order valence-electron chi connectivity index (χ3n) is 1.64. The number of carbonyl (C=O) groups excluding carboxylic acids is 2. The first-order valence-corrected chi connectivity index (χ1v) is 4.36. The Labute approximate surface area is 82.3 Å². The molecule has 0 aliphatic heterocycles. The molecular formula is C10H12N2O2. The molecule has 0 radical (unpaired) electrons. The van der Waals surface area contributed by atoms with Crippen LogP contribution in [0.4, 0.5) is 10.5 Å². The van der Waals surface area contributed by atoms with Crippen LogP contribution in [0.1, 0.15) is 17.3 Å². The van der Waals surface area contributed by atoms with Gasteiger partial charge in [-0.25, -0.2) is 4.79 Å². The van der Waals surface area contributed by atoms with Crippen LogP contribution in [0.25, 0.3) is 0 Å². The lowest BCUT2D eigenvalue weighted by Gasteiger charge is -2.05. The highest BCUT2D eigenvalue weighted by molar-refractivity contribution is 5.89. The molecule has 0 saturated carbocycles. The highest BCUT2D eigenvalue weighted by Crippen LogP contribution is 2.07. The maximum atomic E-state index is 11.1. The van der Waals surface area contributed by atoms with E-state index in [1.165, 1.54) is 0 Å². The highest BCUT2D eigenvalue weighted by Gasteiger charge is 1.98. The van der Waals surface area contributed by atoms with Crippen LogP contribution in [0.2, 0.25) is 0 Å². The van der Waals surface area contributed by atoms with Crippen LogP contribution in [-0.2, 0) is 0 Å². The number of urea groups is 1. The minimum absolute atomic E-state index is 0.244. The molecule has 0 atom stereocenters. The molecule has 0 aliphatic rings. The predicted molar refractivity (Wildman–Crippen MR) is 54.5 cm³/mol. The Bertz CT molecular complexity index is 319. The highest BCUT2D eigenvalue weighted by atomic mass is 16.2. The lowest BCUT2D eigenvalue weighted by molar-refractivity contribution is 0.112. The second-order valence-corrected chi connectivity index (χ2v) is 2.72. The van der Waals surface area contributed by atoms with E-state index in [1.807, 2.05) is 6.92 Å². The van der Waals surface area contributed by atoms with Crippen molar-refractivity contribution in [2.45, 2.75) is 6.92 Å². The molecule has 1 rings (SSSR count). The van der Waals surface area contributed by atoms with Gasteiger partial charge in [-0.05, 0) is 31.2 Å². The van der Waals surface area contributed by atoms with Crippen LogP contribution in [0.15, 0.2) is 24.3 Å². The van der Waals surface area contributed by atoms with Crippen molar-refractivity contribution in [3.05, 3.63) is 29.8 Å². The summed E-state index contributed by atoms with van der Waals surface area (Å²) in [5.74, 6) is 0. The van der Waals surface area contributed by atoms with E-state index in [0.717, 1.165) is 6.29 Å². The Morgan fingerprint density at radius 2 is 2.00 bits per heavy atom. The van der Waals surface area contributed by atoms with Gasteiger partial charge < -0.3 is 10.6 Å². The maximum Gasteiger partial charge on any atom is 0.319 e. The number of hydrogen-bond donors (Lipinski definition) is 2. The van der Waals surface area contributed by atoms with E-state index in [1.54, 1.807) is 24.3 Å². The van der Waals surface area contributed by atoms with Crippen molar-refractivity contribution >= 4 is 18.0 Å². The van der Waals surface area contributed by atoms with E-state index in [0.29, 0.717) is 17.8 Å². The fourth-order valence-electron chi connectivity index (χ4n) is 0.981. The van der Waals surface area contributed by atoms with Crippen molar-refractivity contribution in [1.82, 2.24) is 5.32 Å². The van der Waals surface area contributed by atoms with Gasteiger partial charge in [0.25, 0.3) is 0 Å². The zero-order chi connectivity index (χ0) is 10.4. The van der Waals surface area contributed by atoms with Gasteiger partial charge in [0.2, 0.25) is 0 Å². The summed E-state index contributed by atoms with van der Waals surface area (Å²) >= 11 is 0. The molecule has 0 fully saturated rings. The molecule has 2 amide bonds. The maximum absolute atomic E-state index is 11.1. The van der Waals surface area contributed by atoms with E-state index in [9.17, 15) is 9.59 Å². The molecule has 0 spiro atoms. The topological polar surface area (TPSA) is 58.2 Å². The van der Waals surface area contributed by atoms with Crippen molar-refractivity contribution in [2.75, 3.05) is 11.9 Å². The predicted octanol–water partition coefficient (Wildman–Crippen LogP) is 1.64. The van der Waals surface area contributed by atoms with Gasteiger partial charge in [-0.3, -0.25) is 4.79 Å². The number of benzene rings is 1. The van der Waals surface area contributed by atoms with Crippen LogP contribution in [-0.4, -0.2) is 18.9 Å². The number of rotatable bonds is 3. The summed E-state index contributed by atoms with van der Waals surface area (Å²) in [7, 11) is 0. The minimum Gasteiger partial charge on any atom is -0.338 e. The summed E-state index contributed by atoms with van der Waals surface area (Å²) in [5, 5.41) is 5.23. The fourth-order valence-corrected chi connectivity index (χ4v) is 0.981. The summed E-state index contributed by atoms with van der Waals surface area (Å²) in [5.41, 5.74) is 1.26. The molecule has 4 heteroatoms. The quantitative estimate of drug-likeness (QED) is 0.715. The Morgan fingerprint density at radius 3 is 2.50 bits per heavy atom. The number of anilines is 1. The van der Waals surface area contributed by atoms with Crippen molar-refractivity contribution in [2.24, 2.45) is 0 Å². The van der Waals surface area contributed by atoms with E-state index in [2.05, 4.69) is 10.6 Å². The second-order valence-electron chi connectivity index (χ2n) is 2.72. The zero-order valence-corrected chi connectivity index (χ0v) is 7.91. The molecule has 74 valence electrons. The van der Waals surface area contributed by atoms with Crippen molar-refractivity contribution in [1.29, 1.82) is 0 Å². The molecule has 0 heterocycles. The molecule has 4 nitrogen and oxygen atoms in total. The fraction of sp³-hybridized carbons (Fsp3) is 0.200. The van der Waals surface area contributed by atoms with E-state index in [4.69, 9.17) is 0 Å². The molecule has 0 bridgehead atoms. The van der Waals surface area contributed by atoms with Crippen LogP contribution < -0.4 is 10.6 Å². The minimum atomic E-state index is -0.244. The first-order valence-electron chi connectivity index (χ1n) is 4.36. The van der Waals surface area contributed by atoms with Crippen LogP contribution in [0.3, 0.4) is 0 Å². The third-order valence-corrected chi connectivity index (χ3v) is 1.64. The third kappa shape index (κ3) is 2.90. The summed E-state index contributed by atoms with van der Waals surface area (Å²) in [6, 6.07) is 6.41.